The first-order valence-corrected chi connectivity index (χ1v) is 10.2. The molecule has 0 radical (unpaired) electrons. The van der Waals surface area contributed by atoms with E-state index in [1.54, 1.807) is 11.6 Å². The van der Waals surface area contributed by atoms with E-state index >= 15 is 0 Å². The molecule has 5 rings (SSSR count). The summed E-state index contributed by atoms with van der Waals surface area (Å²) in [5, 5.41) is 4.77. The minimum atomic E-state index is -0.337. The molecule has 4 aromatic rings. The minimum absolute atomic E-state index is 0.185. The van der Waals surface area contributed by atoms with Crippen molar-refractivity contribution in [1.82, 2.24) is 19.0 Å². The lowest BCUT2D eigenvalue weighted by Gasteiger charge is -2.28. The molecular weight excluding hydrogens is 400 g/mol. The average Bonchev–Trinajstić information content (AvgIpc) is 3.12. The lowest BCUT2D eigenvalue weighted by molar-refractivity contribution is 0.471. The third-order valence-electron chi connectivity index (χ3n) is 5.89. The van der Waals surface area contributed by atoms with Crippen LogP contribution in [0.25, 0.3) is 22.2 Å². The molecule has 2 aromatic carbocycles. The summed E-state index contributed by atoms with van der Waals surface area (Å²) in [5.74, 6) is 0. The summed E-state index contributed by atoms with van der Waals surface area (Å²) in [6.07, 6.45) is 0. The molecule has 0 bridgehead atoms. The molecule has 0 aliphatic carbocycles. The van der Waals surface area contributed by atoms with E-state index in [0.717, 1.165) is 29.1 Å². The summed E-state index contributed by atoms with van der Waals surface area (Å²) < 4.78 is 4.95. The number of halogens is 1. The van der Waals surface area contributed by atoms with E-state index in [2.05, 4.69) is 9.88 Å². The minimum Gasteiger partial charge on any atom is -0.339 e. The van der Waals surface area contributed by atoms with Crippen molar-refractivity contribution in [2.45, 2.75) is 12.6 Å². The monoisotopic (exact) mass is 420 g/mol. The third-order valence-corrected chi connectivity index (χ3v) is 6.13. The van der Waals surface area contributed by atoms with Crippen LogP contribution in [0.1, 0.15) is 17.3 Å². The molecule has 0 spiro atoms. The smallest absolute Gasteiger partial charge is 0.331 e. The zero-order valence-corrected chi connectivity index (χ0v) is 17.5. The van der Waals surface area contributed by atoms with Crippen LogP contribution in [0.3, 0.4) is 0 Å². The highest BCUT2D eigenvalue weighted by atomic mass is 35.5. The number of hydrogen-bond acceptors (Lipinski definition) is 3. The van der Waals surface area contributed by atoms with E-state index in [-0.39, 0.29) is 17.3 Å². The van der Waals surface area contributed by atoms with Crippen LogP contribution in [0.15, 0.2) is 64.2 Å². The van der Waals surface area contributed by atoms with E-state index in [1.807, 2.05) is 54.6 Å². The highest BCUT2D eigenvalue weighted by Crippen LogP contribution is 2.38. The van der Waals surface area contributed by atoms with Gasteiger partial charge in [0.15, 0.2) is 0 Å². The number of aryl methyl sites for hydroxylation is 1. The molecule has 6 nitrogen and oxygen atoms in total. The van der Waals surface area contributed by atoms with E-state index in [9.17, 15) is 9.59 Å². The fraction of sp³-hybridized carbons (Fsp3) is 0.217. The van der Waals surface area contributed by atoms with Gasteiger partial charge < -0.3 is 9.88 Å². The first-order valence-electron chi connectivity index (χ1n) is 9.85. The number of rotatable bonds is 2. The highest BCUT2D eigenvalue weighted by molar-refractivity contribution is 6.30. The van der Waals surface area contributed by atoms with Crippen LogP contribution in [0.2, 0.25) is 5.02 Å². The topological polar surface area (TPSA) is 61.0 Å². The summed E-state index contributed by atoms with van der Waals surface area (Å²) in [6, 6.07) is 17.4. The molecule has 1 aliphatic rings. The molecule has 1 aliphatic heterocycles. The Labute approximate surface area is 178 Å². The fourth-order valence-corrected chi connectivity index (χ4v) is 4.74. The molecule has 1 atom stereocenters. The summed E-state index contributed by atoms with van der Waals surface area (Å²) >= 11 is 6.27. The number of aromatic nitrogens is 3. The van der Waals surface area contributed by atoms with Gasteiger partial charge in [0.05, 0.1) is 28.3 Å². The maximum Gasteiger partial charge on any atom is 0.331 e. The van der Waals surface area contributed by atoms with Crippen LogP contribution in [-0.2, 0) is 20.6 Å². The van der Waals surface area contributed by atoms with Gasteiger partial charge in [0.2, 0.25) is 0 Å². The molecule has 30 heavy (non-hydrogen) atoms. The Bertz CT molecular complexity index is 1400. The van der Waals surface area contributed by atoms with Gasteiger partial charge in [-0.25, -0.2) is 4.79 Å². The normalized spacial score (nSPS) is 16.0. The SMILES string of the molecule is Cn1c(=O)c2c(-c3ccccc3)n3c(c2n(C)c1=O)C(c1cccc(Cl)c1)NCC3. The van der Waals surface area contributed by atoms with Crippen LogP contribution in [-0.4, -0.2) is 20.2 Å². The van der Waals surface area contributed by atoms with Crippen LogP contribution in [0.4, 0.5) is 0 Å². The number of fused-ring (bicyclic) bond motifs is 3. The summed E-state index contributed by atoms with van der Waals surface area (Å²) in [6.45, 7) is 1.43. The predicted molar refractivity (Wildman–Crippen MR) is 119 cm³/mol. The molecule has 0 amide bonds. The van der Waals surface area contributed by atoms with Crippen LogP contribution < -0.4 is 16.6 Å². The first kappa shape index (κ1) is 18.9. The van der Waals surface area contributed by atoms with Crippen LogP contribution in [0, 0.1) is 0 Å². The first-order chi connectivity index (χ1) is 14.5. The molecule has 1 N–H and O–H groups in total. The van der Waals surface area contributed by atoms with Gasteiger partial charge in [-0.1, -0.05) is 54.1 Å². The van der Waals surface area contributed by atoms with Gasteiger partial charge in [0.25, 0.3) is 5.56 Å². The van der Waals surface area contributed by atoms with E-state index in [0.29, 0.717) is 22.5 Å². The summed E-state index contributed by atoms with van der Waals surface area (Å²) in [7, 11) is 3.26. The number of nitrogens with zero attached hydrogens (tertiary/aromatic N) is 3. The molecule has 3 heterocycles. The molecule has 7 heteroatoms. The summed E-state index contributed by atoms with van der Waals surface area (Å²) in [4.78, 5) is 26.1. The van der Waals surface area contributed by atoms with Gasteiger partial charge in [0, 0.05) is 32.2 Å². The fourth-order valence-electron chi connectivity index (χ4n) is 4.54. The number of nitrogens with one attached hydrogen (secondary N) is 1. The van der Waals surface area contributed by atoms with Crippen molar-refractivity contribution >= 4 is 22.5 Å². The van der Waals surface area contributed by atoms with Gasteiger partial charge in [-0.05, 0) is 23.3 Å². The van der Waals surface area contributed by atoms with Crippen molar-refractivity contribution in [1.29, 1.82) is 0 Å². The van der Waals surface area contributed by atoms with Crippen molar-refractivity contribution in [3.05, 3.63) is 91.7 Å². The van der Waals surface area contributed by atoms with Crippen molar-refractivity contribution < 1.29 is 0 Å². The second-order valence-electron chi connectivity index (χ2n) is 7.62. The highest BCUT2D eigenvalue weighted by Gasteiger charge is 2.32. The Hall–Kier alpha value is -3.09. The van der Waals surface area contributed by atoms with Crippen molar-refractivity contribution in [3.63, 3.8) is 0 Å². The Morgan fingerprint density at radius 2 is 1.77 bits per heavy atom. The Balaban J connectivity index is 1.96. The van der Waals surface area contributed by atoms with Gasteiger partial charge in [0.1, 0.15) is 0 Å². The molecule has 0 saturated carbocycles. The molecule has 0 saturated heterocycles. The molecule has 0 fully saturated rings. The zero-order chi connectivity index (χ0) is 21.0. The van der Waals surface area contributed by atoms with Gasteiger partial charge in [-0.2, -0.15) is 0 Å². The standard InChI is InChI=1S/C23H21ClN4O2/c1-26-20-17(22(29)27(2)23(26)30)19(14-7-4-3-5-8-14)28-12-11-25-18(21(20)28)15-9-6-10-16(24)13-15/h3-10,13,18,25H,11-12H2,1-2H3. The van der Waals surface area contributed by atoms with Gasteiger partial charge in [-0.3, -0.25) is 13.9 Å². The number of hydrogen-bond donors (Lipinski definition) is 1. The van der Waals surface area contributed by atoms with Crippen LogP contribution >= 0.6 is 11.6 Å². The largest absolute Gasteiger partial charge is 0.339 e. The Morgan fingerprint density at radius 3 is 2.50 bits per heavy atom. The van der Waals surface area contributed by atoms with Crippen molar-refractivity contribution in [2.75, 3.05) is 6.54 Å². The Morgan fingerprint density at radius 1 is 1.00 bits per heavy atom. The molecule has 1 unspecified atom stereocenters. The van der Waals surface area contributed by atoms with Gasteiger partial charge in [-0.15, -0.1) is 0 Å². The molecule has 152 valence electrons. The van der Waals surface area contributed by atoms with E-state index in [4.69, 9.17) is 11.6 Å². The maximum absolute atomic E-state index is 13.3. The number of benzene rings is 2. The molecular formula is C23H21ClN4O2. The Kier molecular flexibility index (Phi) is 4.41. The molecule has 2 aromatic heterocycles. The third kappa shape index (κ3) is 2.68. The lowest BCUT2D eigenvalue weighted by Crippen LogP contribution is -2.38. The van der Waals surface area contributed by atoms with Crippen LogP contribution in [0.5, 0.6) is 0 Å². The van der Waals surface area contributed by atoms with Gasteiger partial charge >= 0.3 is 5.69 Å². The average molecular weight is 421 g/mol. The lowest BCUT2D eigenvalue weighted by atomic mass is 10.0. The van der Waals surface area contributed by atoms with E-state index in [1.165, 1.54) is 11.6 Å². The van der Waals surface area contributed by atoms with E-state index < -0.39 is 0 Å². The van der Waals surface area contributed by atoms with Crippen molar-refractivity contribution in [3.8, 4) is 11.3 Å². The second-order valence-corrected chi connectivity index (χ2v) is 8.06. The quantitative estimate of drug-likeness (QED) is 0.542. The van der Waals surface area contributed by atoms with Crippen molar-refractivity contribution in [2.24, 2.45) is 14.1 Å². The summed E-state index contributed by atoms with van der Waals surface area (Å²) in [5.41, 5.74) is 3.76. The zero-order valence-electron chi connectivity index (χ0n) is 16.7. The second kappa shape index (κ2) is 7.00. The maximum atomic E-state index is 13.3. The predicted octanol–water partition coefficient (Wildman–Crippen LogP) is 3.05.